The van der Waals surface area contributed by atoms with E-state index in [0.717, 1.165) is 5.56 Å². The molecule has 0 unspecified atom stereocenters. The van der Waals surface area contributed by atoms with Gasteiger partial charge in [-0.1, -0.05) is 0 Å². The van der Waals surface area contributed by atoms with Crippen molar-refractivity contribution in [2.24, 2.45) is 0 Å². The lowest BCUT2D eigenvalue weighted by atomic mass is 10.1. The molecule has 0 aliphatic carbocycles. The number of ketones is 1. The van der Waals surface area contributed by atoms with Crippen LogP contribution in [0.25, 0.3) is 11.3 Å². The number of methoxy groups -OCH3 is 2. The molecule has 2 aromatic heterocycles. The van der Waals surface area contributed by atoms with Crippen molar-refractivity contribution >= 4 is 28.2 Å². The maximum Gasteiger partial charge on any atom is 0.226 e. The molecule has 2 heterocycles. The number of nitrogens with one attached hydrogen (secondary N) is 1. The number of furan rings is 1. The molecule has 0 radical (unpaired) electrons. The molecule has 1 aromatic carbocycles. The van der Waals surface area contributed by atoms with Crippen LogP contribution in [0.5, 0.6) is 11.5 Å². The molecule has 7 nitrogen and oxygen atoms in total. The van der Waals surface area contributed by atoms with Crippen LogP contribution in [0.1, 0.15) is 35.2 Å². The summed E-state index contributed by atoms with van der Waals surface area (Å²) in [5.41, 5.74) is 2.03. The van der Waals surface area contributed by atoms with E-state index in [1.54, 1.807) is 27.2 Å². The lowest BCUT2D eigenvalue weighted by molar-refractivity contribution is -0.116. The Hall–Kier alpha value is -3.13. The van der Waals surface area contributed by atoms with Gasteiger partial charge in [-0.05, 0) is 38.1 Å². The predicted octanol–water partition coefficient (Wildman–Crippen LogP) is 4.50. The van der Waals surface area contributed by atoms with Crippen LogP contribution in [0, 0.1) is 6.92 Å². The summed E-state index contributed by atoms with van der Waals surface area (Å²) in [6.07, 6.45) is 0.629. The SMILES string of the molecule is COc1ccc(OC)c(-c2csc(NC(=O)CCc3cc(C(C)=O)c(C)o3)n2)c1. The van der Waals surface area contributed by atoms with E-state index in [0.29, 0.717) is 45.8 Å². The second kappa shape index (κ2) is 8.91. The highest BCUT2D eigenvalue weighted by Crippen LogP contribution is 2.35. The molecule has 0 saturated heterocycles. The highest BCUT2D eigenvalue weighted by molar-refractivity contribution is 7.14. The Morgan fingerprint density at radius 2 is 2.00 bits per heavy atom. The van der Waals surface area contributed by atoms with Crippen LogP contribution >= 0.6 is 11.3 Å². The van der Waals surface area contributed by atoms with Gasteiger partial charge in [0.1, 0.15) is 23.0 Å². The predicted molar refractivity (Wildman–Crippen MR) is 111 cm³/mol. The molecule has 0 aliphatic rings. The van der Waals surface area contributed by atoms with Gasteiger partial charge in [-0.2, -0.15) is 0 Å². The molecular formula is C21H22N2O5S. The molecule has 0 saturated carbocycles. The van der Waals surface area contributed by atoms with E-state index in [1.807, 2.05) is 23.6 Å². The molecule has 8 heteroatoms. The van der Waals surface area contributed by atoms with Crippen LogP contribution in [0.4, 0.5) is 5.13 Å². The van der Waals surface area contributed by atoms with E-state index in [4.69, 9.17) is 13.9 Å². The van der Waals surface area contributed by atoms with Gasteiger partial charge in [0, 0.05) is 23.8 Å². The number of Topliss-reactive ketones (excluding diaryl/α,β-unsaturated/α-hetero) is 1. The number of amides is 1. The van der Waals surface area contributed by atoms with E-state index >= 15 is 0 Å². The standard InChI is InChI=1S/C21H22N2O5S/c1-12(24)16-10-15(28-13(16)2)6-8-20(25)23-21-22-18(11-29-21)17-9-14(26-3)5-7-19(17)27-4/h5,7,9-11H,6,8H2,1-4H3,(H,22,23,25). The lowest BCUT2D eigenvalue weighted by Gasteiger charge is -2.08. The number of carbonyl (C=O) groups excluding carboxylic acids is 2. The number of anilines is 1. The average Bonchev–Trinajstić information content (AvgIpc) is 3.32. The van der Waals surface area contributed by atoms with Crippen LogP contribution < -0.4 is 14.8 Å². The van der Waals surface area contributed by atoms with Crippen molar-refractivity contribution in [2.75, 3.05) is 19.5 Å². The van der Waals surface area contributed by atoms with Crippen molar-refractivity contribution in [1.82, 2.24) is 4.98 Å². The Morgan fingerprint density at radius 3 is 2.66 bits per heavy atom. The number of hydrogen-bond acceptors (Lipinski definition) is 7. The van der Waals surface area contributed by atoms with E-state index in [1.165, 1.54) is 18.3 Å². The van der Waals surface area contributed by atoms with Gasteiger partial charge in [0.25, 0.3) is 0 Å². The van der Waals surface area contributed by atoms with E-state index in [2.05, 4.69) is 10.3 Å². The van der Waals surface area contributed by atoms with Gasteiger partial charge in [-0.25, -0.2) is 4.98 Å². The summed E-state index contributed by atoms with van der Waals surface area (Å²) < 4.78 is 16.2. The van der Waals surface area contributed by atoms with Crippen molar-refractivity contribution in [2.45, 2.75) is 26.7 Å². The van der Waals surface area contributed by atoms with Gasteiger partial charge in [-0.15, -0.1) is 11.3 Å². The first kappa shape index (κ1) is 20.6. The summed E-state index contributed by atoms with van der Waals surface area (Å²) in [5.74, 6) is 2.32. The third kappa shape index (κ3) is 4.83. The van der Waals surface area contributed by atoms with Crippen LogP contribution in [-0.4, -0.2) is 30.9 Å². The quantitative estimate of drug-likeness (QED) is 0.546. The Labute approximate surface area is 172 Å². The molecule has 29 heavy (non-hydrogen) atoms. The van der Waals surface area contributed by atoms with Crippen LogP contribution in [-0.2, 0) is 11.2 Å². The van der Waals surface area contributed by atoms with Gasteiger partial charge in [0.05, 0.1) is 25.5 Å². The zero-order valence-electron chi connectivity index (χ0n) is 16.7. The average molecular weight is 414 g/mol. The molecule has 152 valence electrons. The number of nitrogens with zero attached hydrogens (tertiary/aromatic N) is 1. The van der Waals surface area contributed by atoms with Crippen molar-refractivity contribution in [3.05, 3.63) is 46.7 Å². The first-order valence-electron chi connectivity index (χ1n) is 8.99. The Kier molecular flexibility index (Phi) is 6.33. The highest BCUT2D eigenvalue weighted by Gasteiger charge is 2.15. The molecule has 0 fully saturated rings. The van der Waals surface area contributed by atoms with Crippen molar-refractivity contribution < 1.29 is 23.5 Å². The second-order valence-electron chi connectivity index (χ2n) is 6.39. The summed E-state index contributed by atoms with van der Waals surface area (Å²) in [7, 11) is 3.19. The topological polar surface area (TPSA) is 90.7 Å². The van der Waals surface area contributed by atoms with Crippen molar-refractivity contribution in [3.8, 4) is 22.8 Å². The minimum atomic E-state index is -0.179. The van der Waals surface area contributed by atoms with Gasteiger partial charge >= 0.3 is 0 Å². The number of ether oxygens (including phenoxy) is 2. The molecular weight excluding hydrogens is 392 g/mol. The largest absolute Gasteiger partial charge is 0.497 e. The van der Waals surface area contributed by atoms with Crippen molar-refractivity contribution in [1.29, 1.82) is 0 Å². The molecule has 3 aromatic rings. The third-order valence-electron chi connectivity index (χ3n) is 4.38. The molecule has 0 bridgehead atoms. The normalized spacial score (nSPS) is 10.6. The number of hydrogen-bond donors (Lipinski definition) is 1. The van der Waals surface area contributed by atoms with Gasteiger partial charge in [-0.3, -0.25) is 9.59 Å². The number of benzene rings is 1. The number of carbonyl (C=O) groups is 2. The van der Waals surface area contributed by atoms with E-state index < -0.39 is 0 Å². The fourth-order valence-electron chi connectivity index (χ4n) is 2.90. The highest BCUT2D eigenvalue weighted by atomic mass is 32.1. The molecule has 0 aliphatic heterocycles. The minimum Gasteiger partial charge on any atom is -0.497 e. The zero-order chi connectivity index (χ0) is 21.0. The number of aryl methyl sites for hydroxylation is 2. The van der Waals surface area contributed by atoms with Crippen LogP contribution in [0.15, 0.2) is 34.1 Å². The van der Waals surface area contributed by atoms with Gasteiger partial charge < -0.3 is 19.2 Å². The first-order valence-corrected chi connectivity index (χ1v) is 9.87. The van der Waals surface area contributed by atoms with Crippen LogP contribution in [0.2, 0.25) is 0 Å². The summed E-state index contributed by atoms with van der Waals surface area (Å²) in [6.45, 7) is 3.23. The van der Waals surface area contributed by atoms with Crippen molar-refractivity contribution in [3.63, 3.8) is 0 Å². The Bertz CT molecular complexity index is 1040. The molecule has 3 rings (SSSR count). The van der Waals surface area contributed by atoms with Gasteiger partial charge in [0.2, 0.25) is 5.91 Å². The Balaban J connectivity index is 1.65. The van der Waals surface area contributed by atoms with E-state index in [9.17, 15) is 9.59 Å². The fourth-order valence-corrected chi connectivity index (χ4v) is 3.63. The number of rotatable bonds is 8. The summed E-state index contributed by atoms with van der Waals surface area (Å²) in [6, 6.07) is 7.16. The molecule has 1 amide bonds. The summed E-state index contributed by atoms with van der Waals surface area (Å²) in [4.78, 5) is 28.3. The third-order valence-corrected chi connectivity index (χ3v) is 5.14. The van der Waals surface area contributed by atoms with E-state index in [-0.39, 0.29) is 18.1 Å². The lowest BCUT2D eigenvalue weighted by Crippen LogP contribution is -2.12. The maximum atomic E-state index is 12.3. The molecule has 1 N–H and O–H groups in total. The van der Waals surface area contributed by atoms with Crippen LogP contribution in [0.3, 0.4) is 0 Å². The minimum absolute atomic E-state index is 0.0507. The fraction of sp³-hybridized carbons (Fsp3) is 0.286. The Morgan fingerprint density at radius 1 is 1.21 bits per heavy atom. The second-order valence-corrected chi connectivity index (χ2v) is 7.25. The summed E-state index contributed by atoms with van der Waals surface area (Å²) >= 11 is 1.33. The number of aromatic nitrogens is 1. The maximum absolute atomic E-state index is 12.3. The summed E-state index contributed by atoms with van der Waals surface area (Å²) in [5, 5.41) is 5.14. The monoisotopic (exact) mass is 414 g/mol. The smallest absolute Gasteiger partial charge is 0.226 e. The molecule has 0 atom stereocenters. The zero-order valence-corrected chi connectivity index (χ0v) is 17.5. The number of thiazole rings is 1. The molecule has 0 spiro atoms. The first-order chi connectivity index (χ1) is 13.9. The van der Waals surface area contributed by atoms with Gasteiger partial charge in [0.15, 0.2) is 10.9 Å².